The van der Waals surface area contributed by atoms with E-state index in [1.807, 2.05) is 30.3 Å². The van der Waals surface area contributed by atoms with Crippen LogP contribution in [0.1, 0.15) is 31.2 Å². The number of carbonyl (C=O) groups excluding carboxylic acids is 2. The van der Waals surface area contributed by atoms with Crippen molar-refractivity contribution in [3.63, 3.8) is 0 Å². The van der Waals surface area contributed by atoms with E-state index in [4.69, 9.17) is 0 Å². The summed E-state index contributed by atoms with van der Waals surface area (Å²) < 4.78 is 13.9. The van der Waals surface area contributed by atoms with Crippen molar-refractivity contribution in [1.29, 1.82) is 0 Å². The minimum absolute atomic E-state index is 0.00141. The number of urea groups is 1. The quantitative estimate of drug-likeness (QED) is 0.909. The lowest BCUT2D eigenvalue weighted by Gasteiger charge is -2.32. The Morgan fingerprint density at radius 2 is 1.84 bits per heavy atom. The first-order valence-electron chi connectivity index (χ1n) is 9.16. The van der Waals surface area contributed by atoms with E-state index >= 15 is 0 Å². The lowest BCUT2D eigenvalue weighted by Crippen LogP contribution is -2.51. The number of likely N-dealkylation sites (tertiary alicyclic amines) is 2. The van der Waals surface area contributed by atoms with Gasteiger partial charge in [-0.25, -0.2) is 9.18 Å². The lowest BCUT2D eigenvalue weighted by molar-refractivity contribution is -0.136. The van der Waals surface area contributed by atoms with E-state index in [1.54, 1.807) is 4.90 Å². The van der Waals surface area contributed by atoms with Gasteiger partial charge in [-0.2, -0.15) is 0 Å². The highest BCUT2D eigenvalue weighted by atomic mass is 19.1. The molecule has 0 radical (unpaired) electrons. The van der Waals surface area contributed by atoms with E-state index in [1.165, 1.54) is 4.90 Å². The van der Waals surface area contributed by atoms with Crippen molar-refractivity contribution in [2.75, 3.05) is 26.2 Å². The van der Waals surface area contributed by atoms with Gasteiger partial charge in [0.25, 0.3) is 0 Å². The minimum Gasteiger partial charge on any atom is -0.341 e. The van der Waals surface area contributed by atoms with Crippen molar-refractivity contribution in [3.8, 4) is 0 Å². The largest absolute Gasteiger partial charge is 0.341 e. The summed E-state index contributed by atoms with van der Waals surface area (Å²) in [6, 6.07) is 8.86. The maximum Gasteiger partial charge on any atom is 0.318 e. The minimum atomic E-state index is -1.13. The highest BCUT2D eigenvalue weighted by Gasteiger charge is 2.41. The molecule has 5 nitrogen and oxygen atoms in total. The predicted octanol–water partition coefficient (Wildman–Crippen LogP) is 2.36. The predicted molar refractivity (Wildman–Crippen MR) is 94.0 cm³/mol. The zero-order valence-corrected chi connectivity index (χ0v) is 14.5. The number of benzene rings is 1. The van der Waals surface area contributed by atoms with Crippen LogP contribution in [0.15, 0.2) is 30.3 Å². The van der Waals surface area contributed by atoms with E-state index in [9.17, 15) is 14.0 Å². The van der Waals surface area contributed by atoms with Gasteiger partial charge in [-0.05, 0) is 31.2 Å². The highest BCUT2D eigenvalue weighted by Crippen LogP contribution is 2.23. The SMILES string of the molecule is O=C([C@@H]1C[C@H](F)CN1C(=O)NCCc1ccccc1)N1CCCCC1. The lowest BCUT2D eigenvalue weighted by atomic mass is 10.1. The summed E-state index contributed by atoms with van der Waals surface area (Å²) in [5.41, 5.74) is 1.13. The zero-order valence-electron chi connectivity index (χ0n) is 14.5. The average Bonchev–Trinajstić information content (AvgIpc) is 3.04. The highest BCUT2D eigenvalue weighted by molar-refractivity contribution is 5.88. The Morgan fingerprint density at radius 1 is 1.12 bits per heavy atom. The molecule has 2 heterocycles. The molecule has 2 atom stereocenters. The van der Waals surface area contributed by atoms with Crippen LogP contribution in [0.2, 0.25) is 0 Å². The molecule has 0 spiro atoms. The van der Waals surface area contributed by atoms with Crippen LogP contribution in [0.5, 0.6) is 0 Å². The molecule has 2 fully saturated rings. The van der Waals surface area contributed by atoms with Gasteiger partial charge in [0.15, 0.2) is 0 Å². The molecule has 3 amide bonds. The number of halogens is 1. The Balaban J connectivity index is 1.54. The number of hydrogen-bond acceptors (Lipinski definition) is 2. The van der Waals surface area contributed by atoms with Crippen molar-refractivity contribution in [2.45, 2.75) is 44.3 Å². The monoisotopic (exact) mass is 347 g/mol. The number of piperidine rings is 1. The molecule has 2 saturated heterocycles. The van der Waals surface area contributed by atoms with E-state index in [0.29, 0.717) is 13.0 Å². The fraction of sp³-hybridized carbons (Fsp3) is 0.579. The Labute approximate surface area is 148 Å². The average molecular weight is 347 g/mol. The first-order chi connectivity index (χ1) is 12.1. The Bertz CT molecular complexity index is 590. The van der Waals surface area contributed by atoms with Crippen molar-refractivity contribution >= 4 is 11.9 Å². The van der Waals surface area contributed by atoms with Gasteiger partial charge in [-0.1, -0.05) is 30.3 Å². The summed E-state index contributed by atoms with van der Waals surface area (Å²) in [5.74, 6) is -0.0990. The molecule has 2 aliphatic heterocycles. The molecule has 6 heteroatoms. The van der Waals surface area contributed by atoms with Gasteiger partial charge >= 0.3 is 6.03 Å². The van der Waals surface area contributed by atoms with E-state index in [0.717, 1.165) is 37.9 Å². The Kier molecular flexibility index (Phi) is 5.89. The van der Waals surface area contributed by atoms with Crippen LogP contribution in [-0.4, -0.2) is 60.1 Å². The van der Waals surface area contributed by atoms with Gasteiger partial charge in [-0.15, -0.1) is 0 Å². The van der Waals surface area contributed by atoms with Crippen LogP contribution in [0.4, 0.5) is 9.18 Å². The van der Waals surface area contributed by atoms with E-state index < -0.39 is 12.2 Å². The number of rotatable bonds is 4. The van der Waals surface area contributed by atoms with E-state index in [-0.39, 0.29) is 24.9 Å². The van der Waals surface area contributed by atoms with Crippen molar-refractivity contribution in [3.05, 3.63) is 35.9 Å². The summed E-state index contributed by atoms with van der Waals surface area (Å²) in [4.78, 5) is 28.3. The van der Waals surface area contributed by atoms with Crippen molar-refractivity contribution in [2.24, 2.45) is 0 Å². The first kappa shape index (κ1) is 17.7. The third-order valence-corrected chi connectivity index (χ3v) is 5.00. The second-order valence-corrected chi connectivity index (χ2v) is 6.85. The molecular formula is C19H26FN3O2. The van der Waals surface area contributed by atoms with Crippen LogP contribution in [0, 0.1) is 0 Å². The normalized spacial score (nSPS) is 23.6. The molecule has 2 aliphatic rings. The molecule has 1 aromatic rings. The van der Waals surface area contributed by atoms with Crippen LogP contribution < -0.4 is 5.32 Å². The van der Waals surface area contributed by atoms with Crippen LogP contribution in [0.25, 0.3) is 0 Å². The van der Waals surface area contributed by atoms with Crippen molar-refractivity contribution < 1.29 is 14.0 Å². The smallest absolute Gasteiger partial charge is 0.318 e. The number of amides is 3. The maximum atomic E-state index is 13.9. The summed E-state index contributed by atoms with van der Waals surface area (Å²) in [6.45, 7) is 1.91. The molecule has 0 aliphatic carbocycles. The van der Waals surface area contributed by atoms with Gasteiger partial charge < -0.3 is 15.1 Å². The van der Waals surface area contributed by atoms with Gasteiger partial charge in [0.05, 0.1) is 6.54 Å². The van der Waals surface area contributed by atoms with Gasteiger partial charge in [-0.3, -0.25) is 4.79 Å². The van der Waals surface area contributed by atoms with Crippen LogP contribution in [0.3, 0.4) is 0 Å². The molecule has 1 aromatic carbocycles. The van der Waals surface area contributed by atoms with Gasteiger partial charge in [0, 0.05) is 26.1 Å². The Morgan fingerprint density at radius 3 is 2.56 bits per heavy atom. The third-order valence-electron chi connectivity index (χ3n) is 5.00. The molecule has 3 rings (SSSR count). The molecule has 136 valence electrons. The number of hydrogen-bond donors (Lipinski definition) is 1. The van der Waals surface area contributed by atoms with Crippen LogP contribution in [-0.2, 0) is 11.2 Å². The molecule has 0 aromatic heterocycles. The van der Waals surface area contributed by atoms with Gasteiger partial charge in [0.1, 0.15) is 12.2 Å². The molecule has 0 unspecified atom stereocenters. The summed E-state index contributed by atoms with van der Waals surface area (Å²) in [7, 11) is 0. The third kappa shape index (κ3) is 4.50. The second-order valence-electron chi connectivity index (χ2n) is 6.85. The molecular weight excluding hydrogens is 321 g/mol. The number of alkyl halides is 1. The summed E-state index contributed by atoms with van der Waals surface area (Å²) >= 11 is 0. The molecule has 0 saturated carbocycles. The Hall–Kier alpha value is -2.11. The zero-order chi connectivity index (χ0) is 17.6. The summed E-state index contributed by atoms with van der Waals surface area (Å²) in [6.07, 6.45) is 2.80. The standard InChI is InChI=1S/C19H26FN3O2/c20-16-13-17(18(24)22-11-5-2-6-12-22)23(14-16)19(25)21-10-9-15-7-3-1-4-8-15/h1,3-4,7-8,16-17H,2,5-6,9-14H2,(H,21,25)/t16-,17-/m0/s1. The fourth-order valence-corrected chi connectivity index (χ4v) is 3.63. The summed E-state index contributed by atoms with van der Waals surface area (Å²) in [5, 5.41) is 2.83. The molecule has 0 bridgehead atoms. The number of nitrogens with zero attached hydrogens (tertiary/aromatic N) is 2. The second kappa shape index (κ2) is 8.32. The van der Waals surface area contributed by atoms with Gasteiger partial charge in [0.2, 0.25) is 5.91 Å². The molecule has 1 N–H and O–H groups in total. The topological polar surface area (TPSA) is 52.7 Å². The van der Waals surface area contributed by atoms with Crippen molar-refractivity contribution in [1.82, 2.24) is 15.1 Å². The fourth-order valence-electron chi connectivity index (χ4n) is 3.63. The van der Waals surface area contributed by atoms with E-state index in [2.05, 4.69) is 5.32 Å². The first-order valence-corrected chi connectivity index (χ1v) is 9.16. The van der Waals surface area contributed by atoms with Crippen LogP contribution >= 0.6 is 0 Å². The number of carbonyl (C=O) groups is 2. The maximum absolute atomic E-state index is 13.9. The number of nitrogens with one attached hydrogen (secondary N) is 1. The molecule has 25 heavy (non-hydrogen) atoms.